The summed E-state index contributed by atoms with van der Waals surface area (Å²) < 4.78 is 6.69. The van der Waals surface area contributed by atoms with Gasteiger partial charge in [0.15, 0.2) is 6.61 Å². The van der Waals surface area contributed by atoms with Crippen molar-refractivity contribution in [3.05, 3.63) is 97.9 Å². The van der Waals surface area contributed by atoms with E-state index in [1.54, 1.807) is 18.2 Å². The number of ether oxygens (including phenoxy) is 1. The molecular formula is C30H33BrCl2N2O3. The molecule has 0 saturated carbocycles. The maximum atomic E-state index is 13.8. The molecule has 3 aromatic carbocycles. The Morgan fingerprint density at radius 3 is 2.32 bits per heavy atom. The third kappa shape index (κ3) is 8.48. The number of nitrogens with one attached hydrogen (secondary N) is 1. The van der Waals surface area contributed by atoms with E-state index >= 15 is 0 Å². The van der Waals surface area contributed by atoms with Gasteiger partial charge in [-0.25, -0.2) is 0 Å². The number of rotatable bonds is 13. The number of halogens is 3. The molecule has 2 amide bonds. The lowest BCUT2D eigenvalue weighted by molar-refractivity contribution is -0.142. The van der Waals surface area contributed by atoms with Gasteiger partial charge in [-0.15, -0.1) is 0 Å². The first kappa shape index (κ1) is 30.0. The van der Waals surface area contributed by atoms with Crippen LogP contribution >= 0.6 is 39.1 Å². The Labute approximate surface area is 243 Å². The second kappa shape index (κ2) is 15.2. The van der Waals surface area contributed by atoms with Crippen LogP contribution in [0.1, 0.15) is 43.4 Å². The van der Waals surface area contributed by atoms with E-state index in [1.807, 2.05) is 48.5 Å². The normalized spacial score (nSPS) is 11.6. The van der Waals surface area contributed by atoms with Crippen molar-refractivity contribution in [1.29, 1.82) is 0 Å². The molecule has 0 spiro atoms. The Balaban J connectivity index is 1.94. The maximum Gasteiger partial charge on any atom is 0.261 e. The van der Waals surface area contributed by atoms with Crippen LogP contribution in [0.3, 0.4) is 0 Å². The molecule has 0 aliphatic rings. The minimum atomic E-state index is -0.788. The minimum absolute atomic E-state index is 0.0648. The monoisotopic (exact) mass is 618 g/mol. The van der Waals surface area contributed by atoms with Gasteiger partial charge in [0.2, 0.25) is 5.91 Å². The highest BCUT2D eigenvalue weighted by Gasteiger charge is 2.31. The average Bonchev–Trinajstić information content (AvgIpc) is 2.91. The van der Waals surface area contributed by atoms with Gasteiger partial charge in [0.25, 0.3) is 5.91 Å². The van der Waals surface area contributed by atoms with E-state index in [1.165, 1.54) is 4.90 Å². The molecule has 1 unspecified atom stereocenters. The SMILES string of the molecule is CCCCNC(=O)C(Cc1ccccc1)N(Cc1c(Cl)cccc1Cl)C(=O)COc1ccc(CC)cc1Br. The summed E-state index contributed by atoms with van der Waals surface area (Å²) in [7, 11) is 0. The topological polar surface area (TPSA) is 58.6 Å². The second-order valence-electron chi connectivity index (χ2n) is 8.98. The van der Waals surface area contributed by atoms with Crippen LogP contribution in [0.5, 0.6) is 5.75 Å². The molecule has 1 atom stereocenters. The van der Waals surface area contributed by atoms with E-state index < -0.39 is 6.04 Å². The molecule has 1 N–H and O–H groups in total. The lowest BCUT2D eigenvalue weighted by Gasteiger charge is -2.32. The first-order chi connectivity index (χ1) is 18.3. The summed E-state index contributed by atoms with van der Waals surface area (Å²) in [5.41, 5.74) is 2.67. The number of amides is 2. The fraction of sp³-hybridized carbons (Fsp3) is 0.333. The summed E-state index contributed by atoms with van der Waals surface area (Å²) in [5.74, 6) is -0.0235. The van der Waals surface area contributed by atoms with Crippen LogP contribution in [-0.2, 0) is 29.0 Å². The molecule has 0 heterocycles. The molecule has 3 rings (SSSR count). The number of hydrogen-bond donors (Lipinski definition) is 1. The third-order valence-corrected chi connectivity index (χ3v) is 7.57. The molecule has 38 heavy (non-hydrogen) atoms. The van der Waals surface area contributed by atoms with Crippen LogP contribution in [0.15, 0.2) is 71.2 Å². The first-order valence-electron chi connectivity index (χ1n) is 12.8. The lowest BCUT2D eigenvalue weighted by atomic mass is 10.0. The molecule has 0 aliphatic heterocycles. The Morgan fingerprint density at radius 2 is 1.68 bits per heavy atom. The summed E-state index contributed by atoms with van der Waals surface area (Å²) >= 11 is 16.5. The van der Waals surface area contributed by atoms with Crippen molar-refractivity contribution in [1.82, 2.24) is 10.2 Å². The number of hydrogen-bond acceptors (Lipinski definition) is 3. The molecule has 5 nitrogen and oxygen atoms in total. The second-order valence-corrected chi connectivity index (χ2v) is 10.6. The van der Waals surface area contributed by atoms with Gasteiger partial charge < -0.3 is 15.0 Å². The average molecular weight is 620 g/mol. The Kier molecular flexibility index (Phi) is 12.0. The van der Waals surface area contributed by atoms with Crippen molar-refractivity contribution in [3.63, 3.8) is 0 Å². The van der Waals surface area contributed by atoms with Crippen LogP contribution < -0.4 is 10.1 Å². The molecule has 202 valence electrons. The summed E-state index contributed by atoms with van der Waals surface area (Å²) in [6.45, 7) is 4.48. The largest absolute Gasteiger partial charge is 0.483 e. The zero-order valence-corrected chi connectivity index (χ0v) is 24.8. The zero-order chi connectivity index (χ0) is 27.5. The smallest absolute Gasteiger partial charge is 0.261 e. The van der Waals surface area contributed by atoms with Gasteiger partial charge in [0.1, 0.15) is 11.8 Å². The summed E-state index contributed by atoms with van der Waals surface area (Å²) in [5, 5.41) is 3.86. The molecule has 0 radical (unpaired) electrons. The quantitative estimate of drug-likeness (QED) is 0.205. The zero-order valence-electron chi connectivity index (χ0n) is 21.7. The van der Waals surface area contributed by atoms with Crippen LogP contribution in [-0.4, -0.2) is 35.9 Å². The van der Waals surface area contributed by atoms with Crippen molar-refractivity contribution in [3.8, 4) is 5.75 Å². The highest BCUT2D eigenvalue weighted by molar-refractivity contribution is 9.10. The van der Waals surface area contributed by atoms with Gasteiger partial charge in [-0.3, -0.25) is 9.59 Å². The van der Waals surface area contributed by atoms with Gasteiger partial charge in [-0.2, -0.15) is 0 Å². The van der Waals surface area contributed by atoms with E-state index in [9.17, 15) is 9.59 Å². The highest BCUT2D eigenvalue weighted by Crippen LogP contribution is 2.29. The number of benzene rings is 3. The van der Waals surface area contributed by atoms with Crippen molar-refractivity contribution in [2.24, 2.45) is 0 Å². The predicted molar refractivity (Wildman–Crippen MR) is 158 cm³/mol. The molecule has 0 fully saturated rings. The molecule has 3 aromatic rings. The van der Waals surface area contributed by atoms with Crippen LogP contribution in [0.25, 0.3) is 0 Å². The van der Waals surface area contributed by atoms with Crippen LogP contribution in [0.2, 0.25) is 10.0 Å². The highest BCUT2D eigenvalue weighted by atomic mass is 79.9. The van der Waals surface area contributed by atoms with Crippen molar-refractivity contribution < 1.29 is 14.3 Å². The molecule has 8 heteroatoms. The van der Waals surface area contributed by atoms with Crippen molar-refractivity contribution in [2.45, 2.75) is 52.1 Å². The van der Waals surface area contributed by atoms with E-state index in [2.05, 4.69) is 35.1 Å². The summed E-state index contributed by atoms with van der Waals surface area (Å²) in [4.78, 5) is 28.8. The minimum Gasteiger partial charge on any atom is -0.483 e. The van der Waals surface area contributed by atoms with E-state index in [0.717, 1.165) is 34.9 Å². The molecule has 0 bridgehead atoms. The maximum absolute atomic E-state index is 13.8. The number of aryl methyl sites for hydroxylation is 1. The van der Waals surface area contributed by atoms with Gasteiger partial charge in [-0.1, -0.05) is 85.9 Å². The van der Waals surface area contributed by atoms with Crippen molar-refractivity contribution in [2.75, 3.05) is 13.2 Å². The first-order valence-corrected chi connectivity index (χ1v) is 14.3. The van der Waals surface area contributed by atoms with E-state index in [4.69, 9.17) is 27.9 Å². The summed E-state index contributed by atoms with van der Waals surface area (Å²) in [6, 6.07) is 19.8. The molecule has 0 aliphatic carbocycles. The number of nitrogens with zero attached hydrogens (tertiary/aromatic N) is 1. The van der Waals surface area contributed by atoms with Crippen LogP contribution in [0, 0.1) is 0 Å². The Hall–Kier alpha value is -2.54. The van der Waals surface area contributed by atoms with Crippen LogP contribution in [0.4, 0.5) is 0 Å². The predicted octanol–water partition coefficient (Wildman–Crippen LogP) is 7.25. The fourth-order valence-electron chi connectivity index (χ4n) is 4.02. The number of unbranched alkanes of at least 4 members (excludes halogenated alkanes) is 1. The van der Waals surface area contributed by atoms with Gasteiger partial charge in [-0.05, 0) is 64.2 Å². The van der Waals surface area contributed by atoms with E-state index in [0.29, 0.717) is 34.3 Å². The van der Waals surface area contributed by atoms with Crippen molar-refractivity contribution >= 4 is 50.9 Å². The fourth-order valence-corrected chi connectivity index (χ4v) is 5.08. The van der Waals surface area contributed by atoms with Gasteiger partial charge >= 0.3 is 0 Å². The Morgan fingerprint density at radius 1 is 0.974 bits per heavy atom. The molecule has 0 saturated heterocycles. The molecular weight excluding hydrogens is 587 g/mol. The lowest BCUT2D eigenvalue weighted by Crippen LogP contribution is -2.52. The number of carbonyl (C=O) groups excluding carboxylic acids is 2. The Bertz CT molecular complexity index is 1200. The number of carbonyl (C=O) groups is 2. The molecule has 0 aromatic heterocycles. The van der Waals surface area contributed by atoms with E-state index in [-0.39, 0.29) is 25.0 Å². The van der Waals surface area contributed by atoms with Gasteiger partial charge in [0, 0.05) is 35.1 Å². The standard InChI is InChI=1S/C30H33BrCl2N2O3/c1-3-5-16-34-30(37)27(18-22-10-7-6-8-11-22)35(19-23-25(32)12-9-13-26(23)33)29(36)20-38-28-15-14-21(4-2)17-24(28)31/h6-15,17,27H,3-5,16,18-20H2,1-2H3,(H,34,37). The van der Waals surface area contributed by atoms with Gasteiger partial charge in [0.05, 0.1) is 4.47 Å². The summed E-state index contributed by atoms with van der Waals surface area (Å²) in [6.07, 6.45) is 3.01. The third-order valence-electron chi connectivity index (χ3n) is 6.25.